The van der Waals surface area contributed by atoms with Gasteiger partial charge in [-0.25, -0.2) is 0 Å². The van der Waals surface area contributed by atoms with Crippen molar-refractivity contribution in [3.8, 4) is 6.07 Å². The monoisotopic (exact) mass is 170 g/mol. The summed E-state index contributed by atoms with van der Waals surface area (Å²) in [5.74, 6) is 0. The van der Waals surface area contributed by atoms with Gasteiger partial charge in [0.05, 0.1) is 18.7 Å². The molecule has 0 heterocycles. The van der Waals surface area contributed by atoms with Crippen LogP contribution in [0.3, 0.4) is 0 Å². The molecule has 70 valence electrons. The van der Waals surface area contributed by atoms with E-state index in [2.05, 4.69) is 6.07 Å². The molecule has 0 aliphatic carbocycles. The summed E-state index contributed by atoms with van der Waals surface area (Å²) in [5.41, 5.74) is 0. The van der Waals surface area contributed by atoms with Gasteiger partial charge in [-0.05, 0) is 27.7 Å². The van der Waals surface area contributed by atoms with E-state index in [1.165, 1.54) is 0 Å². The Morgan fingerprint density at radius 1 is 1.33 bits per heavy atom. The van der Waals surface area contributed by atoms with E-state index < -0.39 is 0 Å². The number of rotatable bonds is 4. The number of nitriles is 1. The van der Waals surface area contributed by atoms with Crippen LogP contribution in [-0.2, 0) is 0 Å². The largest absolute Gasteiger partial charge is 0.392 e. The number of aliphatic hydroxyl groups is 1. The number of hydrogen-bond donors (Lipinski definition) is 1. The van der Waals surface area contributed by atoms with Crippen molar-refractivity contribution in [1.29, 1.82) is 5.26 Å². The van der Waals surface area contributed by atoms with Crippen molar-refractivity contribution in [3.05, 3.63) is 0 Å². The minimum absolute atomic E-state index is 0.0460. The minimum Gasteiger partial charge on any atom is -0.392 e. The first-order valence-corrected chi connectivity index (χ1v) is 4.31. The van der Waals surface area contributed by atoms with E-state index >= 15 is 0 Å². The molecule has 0 bridgehead atoms. The molecule has 2 unspecified atom stereocenters. The van der Waals surface area contributed by atoms with Crippen molar-refractivity contribution in [1.82, 2.24) is 4.90 Å². The van der Waals surface area contributed by atoms with Gasteiger partial charge in [-0.1, -0.05) is 0 Å². The molecular formula is C9H18N2O. The van der Waals surface area contributed by atoms with Crippen molar-refractivity contribution in [2.75, 3.05) is 6.54 Å². The Labute approximate surface area is 74.6 Å². The van der Waals surface area contributed by atoms with Crippen molar-refractivity contribution >= 4 is 0 Å². The fraction of sp³-hybridized carbons (Fsp3) is 0.889. The van der Waals surface area contributed by atoms with Crippen LogP contribution in [0.5, 0.6) is 0 Å². The molecule has 0 aromatic heterocycles. The fourth-order valence-electron chi connectivity index (χ4n) is 1.16. The topological polar surface area (TPSA) is 47.3 Å². The van der Waals surface area contributed by atoms with Gasteiger partial charge in [0.1, 0.15) is 0 Å². The summed E-state index contributed by atoms with van der Waals surface area (Å²) in [5, 5.41) is 17.9. The second-order valence-electron chi connectivity index (χ2n) is 3.41. The Morgan fingerprint density at radius 3 is 2.08 bits per heavy atom. The average Bonchev–Trinajstić information content (AvgIpc) is 1.98. The van der Waals surface area contributed by atoms with Gasteiger partial charge in [0.25, 0.3) is 0 Å². The van der Waals surface area contributed by atoms with Gasteiger partial charge in [0.2, 0.25) is 0 Å². The van der Waals surface area contributed by atoms with Gasteiger partial charge < -0.3 is 5.11 Å². The van der Waals surface area contributed by atoms with Crippen LogP contribution in [0.4, 0.5) is 0 Å². The summed E-state index contributed by atoms with van der Waals surface area (Å²) in [4.78, 5) is 1.98. The molecule has 0 aromatic rings. The van der Waals surface area contributed by atoms with Gasteiger partial charge in [-0.15, -0.1) is 0 Å². The van der Waals surface area contributed by atoms with Gasteiger partial charge in [0, 0.05) is 12.1 Å². The molecule has 0 saturated carbocycles. The quantitative estimate of drug-likeness (QED) is 0.640. The van der Waals surface area contributed by atoms with Crippen LogP contribution in [0.15, 0.2) is 0 Å². The Hall–Kier alpha value is -0.590. The Balaban J connectivity index is 4.21. The number of hydrogen-bond acceptors (Lipinski definition) is 3. The van der Waals surface area contributed by atoms with Crippen LogP contribution in [-0.4, -0.2) is 34.7 Å². The van der Waals surface area contributed by atoms with Gasteiger partial charge in [-0.2, -0.15) is 5.26 Å². The molecule has 0 saturated heterocycles. The molecule has 0 aliphatic heterocycles. The van der Waals surface area contributed by atoms with Crippen LogP contribution in [0, 0.1) is 11.3 Å². The van der Waals surface area contributed by atoms with E-state index in [-0.39, 0.29) is 12.1 Å². The Kier molecular flexibility index (Phi) is 4.87. The predicted octanol–water partition coefficient (Wildman–Crippen LogP) is 0.990. The van der Waals surface area contributed by atoms with Crippen molar-refractivity contribution in [2.45, 2.75) is 45.9 Å². The molecule has 0 aromatic carbocycles. The third kappa shape index (κ3) is 3.21. The maximum atomic E-state index is 9.32. The molecule has 3 nitrogen and oxygen atoms in total. The summed E-state index contributed by atoms with van der Waals surface area (Å²) < 4.78 is 0. The maximum Gasteiger partial charge on any atom is 0.0871 e. The van der Waals surface area contributed by atoms with Gasteiger partial charge in [-0.3, -0.25) is 4.90 Å². The second kappa shape index (κ2) is 5.13. The summed E-state index contributed by atoms with van der Waals surface area (Å²) in [6.45, 7) is 8.11. The highest BCUT2D eigenvalue weighted by atomic mass is 16.3. The van der Waals surface area contributed by atoms with Crippen LogP contribution >= 0.6 is 0 Å². The van der Waals surface area contributed by atoms with Crippen LogP contribution in [0.25, 0.3) is 0 Å². The van der Waals surface area contributed by atoms with E-state index in [0.717, 1.165) is 0 Å². The highest BCUT2D eigenvalue weighted by Gasteiger charge is 2.20. The molecule has 0 aliphatic rings. The predicted molar refractivity (Wildman–Crippen MR) is 48.6 cm³/mol. The van der Waals surface area contributed by atoms with E-state index in [1.54, 1.807) is 6.92 Å². The highest BCUT2D eigenvalue weighted by Crippen LogP contribution is 2.07. The van der Waals surface area contributed by atoms with Crippen LogP contribution in [0.2, 0.25) is 0 Å². The maximum absolute atomic E-state index is 9.32. The molecular weight excluding hydrogens is 152 g/mol. The lowest BCUT2D eigenvalue weighted by molar-refractivity contribution is 0.0610. The van der Waals surface area contributed by atoms with E-state index in [4.69, 9.17) is 5.26 Å². The van der Waals surface area contributed by atoms with Gasteiger partial charge in [0.15, 0.2) is 0 Å². The molecule has 1 N–H and O–H groups in total. The van der Waals surface area contributed by atoms with Gasteiger partial charge >= 0.3 is 0 Å². The molecule has 0 radical (unpaired) electrons. The zero-order valence-corrected chi connectivity index (χ0v) is 8.28. The standard InChI is InChI=1S/C9H18N2O/c1-7(2)11(6-5-10)8(3)9(4)12/h7-9,12H,6H2,1-4H3. The zero-order chi connectivity index (χ0) is 9.72. The molecule has 0 spiro atoms. The summed E-state index contributed by atoms with van der Waals surface area (Å²) >= 11 is 0. The van der Waals surface area contributed by atoms with Crippen LogP contribution in [0.1, 0.15) is 27.7 Å². The molecule has 12 heavy (non-hydrogen) atoms. The molecule has 3 heteroatoms. The normalized spacial score (nSPS) is 16.2. The third-order valence-electron chi connectivity index (χ3n) is 2.14. The molecule has 0 amide bonds. The Bertz CT molecular complexity index is 160. The number of aliphatic hydroxyl groups excluding tert-OH is 1. The zero-order valence-electron chi connectivity index (χ0n) is 8.28. The second-order valence-corrected chi connectivity index (χ2v) is 3.41. The van der Waals surface area contributed by atoms with Crippen molar-refractivity contribution < 1.29 is 5.11 Å². The lowest BCUT2D eigenvalue weighted by Gasteiger charge is -2.32. The lowest BCUT2D eigenvalue weighted by Crippen LogP contribution is -2.44. The smallest absolute Gasteiger partial charge is 0.0871 e. The SMILES string of the molecule is CC(O)C(C)N(CC#N)C(C)C. The summed E-state index contributed by atoms with van der Waals surface area (Å²) in [6.07, 6.45) is -0.388. The average molecular weight is 170 g/mol. The first-order valence-electron chi connectivity index (χ1n) is 4.31. The molecule has 0 fully saturated rings. The van der Waals surface area contributed by atoms with E-state index in [1.807, 2.05) is 25.7 Å². The summed E-state index contributed by atoms with van der Waals surface area (Å²) in [6, 6.07) is 2.45. The first-order chi connectivity index (χ1) is 5.50. The Morgan fingerprint density at radius 2 is 1.83 bits per heavy atom. The first kappa shape index (κ1) is 11.4. The molecule has 2 atom stereocenters. The van der Waals surface area contributed by atoms with E-state index in [0.29, 0.717) is 12.6 Å². The van der Waals surface area contributed by atoms with Crippen molar-refractivity contribution in [2.24, 2.45) is 0 Å². The van der Waals surface area contributed by atoms with E-state index in [9.17, 15) is 5.11 Å². The summed E-state index contributed by atoms with van der Waals surface area (Å²) in [7, 11) is 0. The minimum atomic E-state index is -0.388. The third-order valence-corrected chi connectivity index (χ3v) is 2.14. The molecule has 0 rings (SSSR count). The lowest BCUT2D eigenvalue weighted by atomic mass is 10.1. The van der Waals surface area contributed by atoms with Crippen LogP contribution < -0.4 is 0 Å². The fourth-order valence-corrected chi connectivity index (χ4v) is 1.16. The van der Waals surface area contributed by atoms with Crippen molar-refractivity contribution in [3.63, 3.8) is 0 Å². The highest BCUT2D eigenvalue weighted by molar-refractivity contribution is 4.83. The number of nitrogens with zero attached hydrogens (tertiary/aromatic N) is 2.